The SMILES string of the molecule is N#Cc1ccc(-c2cccc(-c3nc(-c4ccccc4)nc(-n4c5ccccc5c5ccc6c(c54)Cc4ccccc4-6)n3)c2)cc1. The van der Waals surface area contributed by atoms with Crippen LogP contribution in [0.2, 0.25) is 0 Å². The number of benzene rings is 6. The van der Waals surface area contributed by atoms with E-state index in [0.717, 1.165) is 39.7 Å². The molecule has 9 rings (SSSR count). The van der Waals surface area contributed by atoms with E-state index in [4.69, 9.17) is 15.0 Å². The Morgan fingerprint density at radius 3 is 2.11 bits per heavy atom. The van der Waals surface area contributed by atoms with Crippen molar-refractivity contribution in [3.8, 4) is 57.0 Å². The van der Waals surface area contributed by atoms with Crippen molar-refractivity contribution in [1.29, 1.82) is 5.26 Å². The lowest BCUT2D eigenvalue weighted by molar-refractivity contribution is 0.950. The molecule has 1 aliphatic carbocycles. The summed E-state index contributed by atoms with van der Waals surface area (Å²) in [6.07, 6.45) is 0.856. The maximum atomic E-state index is 9.27. The van der Waals surface area contributed by atoms with Crippen molar-refractivity contribution in [2.24, 2.45) is 0 Å². The van der Waals surface area contributed by atoms with Gasteiger partial charge in [-0.15, -0.1) is 0 Å². The number of hydrogen-bond acceptors (Lipinski definition) is 4. The minimum Gasteiger partial charge on any atom is -0.277 e. The summed E-state index contributed by atoms with van der Waals surface area (Å²) in [5, 5.41) is 11.6. The van der Waals surface area contributed by atoms with Crippen LogP contribution in [0.25, 0.3) is 72.8 Å². The number of rotatable bonds is 4. The summed E-state index contributed by atoms with van der Waals surface area (Å²) in [7, 11) is 0. The van der Waals surface area contributed by atoms with Gasteiger partial charge in [-0.1, -0.05) is 115 Å². The first kappa shape index (κ1) is 26.1. The molecule has 0 saturated carbocycles. The molecule has 0 saturated heterocycles. The Morgan fingerprint density at radius 1 is 0.543 bits per heavy atom. The fourth-order valence-electron chi connectivity index (χ4n) is 6.78. The van der Waals surface area contributed by atoms with Gasteiger partial charge in [0, 0.05) is 28.3 Å². The van der Waals surface area contributed by atoms with E-state index in [2.05, 4.69) is 83.4 Å². The van der Waals surface area contributed by atoms with E-state index in [9.17, 15) is 5.26 Å². The van der Waals surface area contributed by atoms with Crippen LogP contribution in [-0.2, 0) is 6.42 Å². The maximum Gasteiger partial charge on any atom is 0.238 e. The minimum atomic E-state index is 0.586. The Balaban J connectivity index is 1.30. The molecule has 8 aromatic rings. The van der Waals surface area contributed by atoms with Crippen LogP contribution in [0.15, 0.2) is 140 Å². The van der Waals surface area contributed by atoms with Crippen molar-refractivity contribution >= 4 is 21.8 Å². The van der Waals surface area contributed by atoms with Crippen LogP contribution in [-0.4, -0.2) is 19.5 Å². The monoisotopic (exact) mass is 587 g/mol. The van der Waals surface area contributed by atoms with Crippen molar-refractivity contribution in [3.63, 3.8) is 0 Å². The average molecular weight is 588 g/mol. The van der Waals surface area contributed by atoms with Crippen LogP contribution in [0, 0.1) is 11.3 Å². The standard InChI is InChI=1S/C41H25N5/c42-25-26-17-19-27(20-18-26)29-12-8-13-31(23-29)40-43-39(28-9-2-1-3-10-28)44-41(45-40)46-37-16-7-6-15-34(37)35-22-21-33-32-14-5-4-11-30(32)24-36(33)38(35)46/h1-23H,24H2. The van der Waals surface area contributed by atoms with Gasteiger partial charge in [0.05, 0.1) is 22.7 Å². The van der Waals surface area contributed by atoms with Gasteiger partial charge in [-0.3, -0.25) is 4.57 Å². The second-order valence-electron chi connectivity index (χ2n) is 11.6. The zero-order valence-electron chi connectivity index (χ0n) is 24.7. The largest absolute Gasteiger partial charge is 0.277 e. The minimum absolute atomic E-state index is 0.586. The Hall–Kier alpha value is -6.38. The van der Waals surface area contributed by atoms with Gasteiger partial charge in [0.25, 0.3) is 0 Å². The van der Waals surface area contributed by atoms with Crippen molar-refractivity contribution < 1.29 is 0 Å². The molecule has 2 aromatic heterocycles. The number of aromatic nitrogens is 4. The first-order valence-corrected chi connectivity index (χ1v) is 15.3. The number of nitrogens with zero attached hydrogens (tertiary/aromatic N) is 5. The molecule has 0 unspecified atom stereocenters. The van der Waals surface area contributed by atoms with Crippen LogP contribution in [0.4, 0.5) is 0 Å². The summed E-state index contributed by atoms with van der Waals surface area (Å²) in [6, 6.07) is 49.9. The molecule has 214 valence electrons. The van der Waals surface area contributed by atoms with Gasteiger partial charge in [-0.25, -0.2) is 4.98 Å². The summed E-state index contributed by atoms with van der Waals surface area (Å²) in [5.41, 5.74) is 11.9. The number of fused-ring (bicyclic) bond motifs is 7. The highest BCUT2D eigenvalue weighted by atomic mass is 15.2. The van der Waals surface area contributed by atoms with Crippen LogP contribution in [0.5, 0.6) is 0 Å². The molecule has 0 aliphatic heterocycles. The molecule has 6 aromatic carbocycles. The van der Waals surface area contributed by atoms with Gasteiger partial charge in [-0.2, -0.15) is 15.2 Å². The van der Waals surface area contributed by atoms with Gasteiger partial charge >= 0.3 is 0 Å². The molecule has 0 N–H and O–H groups in total. The maximum absolute atomic E-state index is 9.27. The van der Waals surface area contributed by atoms with Gasteiger partial charge < -0.3 is 0 Å². The molecule has 0 atom stereocenters. The highest BCUT2D eigenvalue weighted by Crippen LogP contribution is 2.44. The van der Waals surface area contributed by atoms with Crippen LogP contribution >= 0.6 is 0 Å². The fraction of sp³-hybridized carbons (Fsp3) is 0.0244. The quantitative estimate of drug-likeness (QED) is 0.206. The lowest BCUT2D eigenvalue weighted by Gasteiger charge is -2.13. The normalized spacial score (nSPS) is 11.8. The van der Waals surface area contributed by atoms with E-state index in [1.807, 2.05) is 66.7 Å². The summed E-state index contributed by atoms with van der Waals surface area (Å²) >= 11 is 0. The topological polar surface area (TPSA) is 67.4 Å². The van der Waals surface area contributed by atoms with Gasteiger partial charge in [0.1, 0.15) is 0 Å². The van der Waals surface area contributed by atoms with Crippen LogP contribution in [0.3, 0.4) is 0 Å². The molecule has 5 nitrogen and oxygen atoms in total. The Bertz CT molecular complexity index is 2500. The van der Waals surface area contributed by atoms with Gasteiger partial charge in [0.2, 0.25) is 5.95 Å². The highest BCUT2D eigenvalue weighted by Gasteiger charge is 2.26. The lowest BCUT2D eigenvalue weighted by atomic mass is 10.0. The molecule has 0 spiro atoms. The number of nitriles is 1. The molecule has 5 heteroatoms. The zero-order valence-corrected chi connectivity index (χ0v) is 24.7. The lowest BCUT2D eigenvalue weighted by Crippen LogP contribution is -2.07. The first-order chi connectivity index (χ1) is 22.7. The van der Waals surface area contributed by atoms with Crippen LogP contribution < -0.4 is 0 Å². The zero-order chi connectivity index (χ0) is 30.6. The summed E-state index contributed by atoms with van der Waals surface area (Å²) in [5.74, 6) is 1.80. The Kier molecular flexibility index (Phi) is 5.87. The predicted molar refractivity (Wildman–Crippen MR) is 183 cm³/mol. The number of hydrogen-bond donors (Lipinski definition) is 0. The second-order valence-corrected chi connectivity index (χ2v) is 11.6. The van der Waals surface area contributed by atoms with E-state index < -0.39 is 0 Å². The van der Waals surface area contributed by atoms with Crippen molar-refractivity contribution in [2.45, 2.75) is 6.42 Å². The summed E-state index contributed by atoms with van der Waals surface area (Å²) in [6.45, 7) is 0. The average Bonchev–Trinajstić information content (AvgIpc) is 3.68. The molecule has 1 aliphatic rings. The fourth-order valence-corrected chi connectivity index (χ4v) is 6.78. The van der Waals surface area contributed by atoms with Crippen molar-refractivity contribution in [3.05, 3.63) is 156 Å². The van der Waals surface area contributed by atoms with E-state index in [1.165, 1.54) is 33.0 Å². The molecular formula is C41H25N5. The third-order valence-corrected chi connectivity index (χ3v) is 8.94. The molecule has 46 heavy (non-hydrogen) atoms. The van der Waals surface area contributed by atoms with E-state index in [1.54, 1.807) is 0 Å². The van der Waals surface area contributed by atoms with Crippen molar-refractivity contribution in [2.75, 3.05) is 0 Å². The summed E-state index contributed by atoms with van der Waals surface area (Å²) < 4.78 is 2.23. The Labute approximate surface area is 265 Å². The second kappa shape index (κ2) is 10.4. The third-order valence-electron chi connectivity index (χ3n) is 8.94. The summed E-state index contributed by atoms with van der Waals surface area (Å²) in [4.78, 5) is 15.4. The number of para-hydroxylation sites is 1. The molecule has 2 heterocycles. The molecule has 0 bridgehead atoms. The smallest absolute Gasteiger partial charge is 0.238 e. The predicted octanol–water partition coefficient (Wildman–Crippen LogP) is 9.41. The van der Waals surface area contributed by atoms with Gasteiger partial charge in [-0.05, 0) is 57.6 Å². The molecule has 0 amide bonds. The highest BCUT2D eigenvalue weighted by molar-refractivity contribution is 6.12. The van der Waals surface area contributed by atoms with Crippen molar-refractivity contribution in [1.82, 2.24) is 19.5 Å². The molecule has 0 radical (unpaired) electrons. The van der Waals surface area contributed by atoms with Gasteiger partial charge in [0.15, 0.2) is 11.6 Å². The van der Waals surface area contributed by atoms with E-state index in [-0.39, 0.29) is 0 Å². The van der Waals surface area contributed by atoms with Crippen LogP contribution in [0.1, 0.15) is 16.7 Å². The first-order valence-electron chi connectivity index (χ1n) is 15.3. The third kappa shape index (κ3) is 4.12. The van der Waals surface area contributed by atoms with E-state index in [0.29, 0.717) is 23.2 Å². The molecule has 0 fully saturated rings. The Morgan fingerprint density at radius 2 is 1.26 bits per heavy atom. The van der Waals surface area contributed by atoms with E-state index >= 15 is 0 Å². The molecular weight excluding hydrogens is 562 g/mol.